The first kappa shape index (κ1) is 21.4. The van der Waals surface area contributed by atoms with Crippen molar-refractivity contribution in [3.8, 4) is 16.9 Å². The molecule has 2 aromatic carbocycles. The summed E-state index contributed by atoms with van der Waals surface area (Å²) in [6.45, 7) is 9.82. The van der Waals surface area contributed by atoms with Crippen molar-refractivity contribution in [1.82, 2.24) is 10.2 Å². The van der Waals surface area contributed by atoms with Crippen molar-refractivity contribution in [2.24, 2.45) is 5.92 Å². The van der Waals surface area contributed by atoms with Gasteiger partial charge in [-0.1, -0.05) is 36.4 Å². The summed E-state index contributed by atoms with van der Waals surface area (Å²) in [7, 11) is 1.72. The maximum atomic E-state index is 5.76. The Balaban J connectivity index is 1.37. The van der Waals surface area contributed by atoms with Crippen molar-refractivity contribution in [3.05, 3.63) is 54.1 Å². The maximum absolute atomic E-state index is 5.76. The zero-order valence-corrected chi connectivity index (χ0v) is 18.7. The molecule has 1 unspecified atom stereocenters. The number of fused-ring (bicyclic) bond motifs is 3. The van der Waals surface area contributed by atoms with E-state index in [9.17, 15) is 0 Å². The molecule has 4 nitrogen and oxygen atoms in total. The van der Waals surface area contributed by atoms with Gasteiger partial charge >= 0.3 is 0 Å². The Morgan fingerprint density at radius 1 is 0.933 bits per heavy atom. The van der Waals surface area contributed by atoms with Crippen LogP contribution in [0.15, 0.2) is 48.5 Å². The normalized spacial score (nSPS) is 23.5. The minimum Gasteiger partial charge on any atom is -0.494 e. The van der Waals surface area contributed by atoms with Gasteiger partial charge in [-0.2, -0.15) is 0 Å². The Morgan fingerprint density at radius 3 is 2.13 bits per heavy atom. The van der Waals surface area contributed by atoms with Gasteiger partial charge in [0.2, 0.25) is 0 Å². The molecule has 0 radical (unpaired) electrons. The first-order valence-corrected chi connectivity index (χ1v) is 11.4. The Kier molecular flexibility index (Phi) is 6.77. The standard InChI is InChI=1S/C26H36N2O2/c1-26(2,27-25-19-28-15-13-22(25)14-16-28)23-9-5-20(6-10-23)21-7-11-24(12-8-21)30-18-4-17-29-3/h5-12,22,25,27H,4,13-19H2,1-3H3. The molecule has 162 valence electrons. The Morgan fingerprint density at radius 2 is 1.57 bits per heavy atom. The van der Waals surface area contributed by atoms with Crippen molar-refractivity contribution in [1.29, 1.82) is 0 Å². The topological polar surface area (TPSA) is 33.7 Å². The molecule has 3 aliphatic rings. The van der Waals surface area contributed by atoms with Crippen molar-refractivity contribution in [3.63, 3.8) is 0 Å². The molecular formula is C26H36N2O2. The van der Waals surface area contributed by atoms with Crippen LogP contribution in [0.2, 0.25) is 0 Å². The summed E-state index contributed by atoms with van der Waals surface area (Å²) in [5, 5.41) is 3.97. The van der Waals surface area contributed by atoms with Gasteiger partial charge in [-0.25, -0.2) is 0 Å². The molecule has 3 heterocycles. The van der Waals surface area contributed by atoms with Gasteiger partial charge in [0.1, 0.15) is 5.75 Å². The average molecular weight is 409 g/mol. The van der Waals surface area contributed by atoms with Gasteiger partial charge in [0, 0.05) is 38.3 Å². The van der Waals surface area contributed by atoms with Crippen LogP contribution in [-0.4, -0.2) is 50.9 Å². The van der Waals surface area contributed by atoms with Crippen LogP contribution in [0.5, 0.6) is 5.75 Å². The van der Waals surface area contributed by atoms with Crippen molar-refractivity contribution in [2.75, 3.05) is 40.0 Å². The third-order valence-corrected chi connectivity index (χ3v) is 6.76. The van der Waals surface area contributed by atoms with Crippen LogP contribution in [0.3, 0.4) is 0 Å². The highest BCUT2D eigenvalue weighted by Crippen LogP contribution is 2.32. The van der Waals surface area contributed by atoms with Gasteiger partial charge in [-0.15, -0.1) is 0 Å². The highest BCUT2D eigenvalue weighted by molar-refractivity contribution is 5.64. The first-order chi connectivity index (χ1) is 14.5. The van der Waals surface area contributed by atoms with Gasteiger partial charge in [-0.05, 0) is 74.5 Å². The van der Waals surface area contributed by atoms with Crippen LogP contribution < -0.4 is 10.1 Å². The lowest BCUT2D eigenvalue weighted by Gasteiger charge is -2.48. The van der Waals surface area contributed by atoms with Crippen LogP contribution in [0, 0.1) is 5.92 Å². The largest absolute Gasteiger partial charge is 0.494 e. The molecule has 30 heavy (non-hydrogen) atoms. The van der Waals surface area contributed by atoms with E-state index in [1.165, 1.54) is 49.2 Å². The predicted octanol–water partition coefficient (Wildman–Crippen LogP) is 4.69. The molecule has 2 bridgehead atoms. The minimum absolute atomic E-state index is 0.0261. The number of hydrogen-bond acceptors (Lipinski definition) is 4. The molecular weight excluding hydrogens is 372 g/mol. The Labute approximate surface area is 181 Å². The van der Waals surface area contributed by atoms with E-state index in [1.54, 1.807) is 7.11 Å². The molecule has 0 saturated carbocycles. The molecule has 2 aromatic rings. The monoisotopic (exact) mass is 408 g/mol. The van der Waals surface area contributed by atoms with E-state index in [1.807, 2.05) is 0 Å². The fourth-order valence-electron chi connectivity index (χ4n) is 4.89. The van der Waals surface area contributed by atoms with Crippen LogP contribution >= 0.6 is 0 Å². The molecule has 3 fully saturated rings. The number of hydrogen-bond donors (Lipinski definition) is 1. The third-order valence-electron chi connectivity index (χ3n) is 6.76. The van der Waals surface area contributed by atoms with Gasteiger partial charge in [0.05, 0.1) is 6.61 Å². The molecule has 3 aliphatic heterocycles. The molecule has 4 heteroatoms. The van der Waals surface area contributed by atoms with E-state index in [2.05, 4.69) is 72.6 Å². The fraction of sp³-hybridized carbons (Fsp3) is 0.538. The summed E-state index contributed by atoms with van der Waals surface area (Å²) in [4.78, 5) is 2.61. The summed E-state index contributed by atoms with van der Waals surface area (Å²) < 4.78 is 10.8. The molecule has 0 aromatic heterocycles. The van der Waals surface area contributed by atoms with Gasteiger partial charge in [0.15, 0.2) is 0 Å². The number of ether oxygens (including phenoxy) is 2. The van der Waals surface area contributed by atoms with Gasteiger partial charge in [0.25, 0.3) is 0 Å². The lowest BCUT2D eigenvalue weighted by molar-refractivity contribution is 0.0584. The molecule has 0 aliphatic carbocycles. The summed E-state index contributed by atoms with van der Waals surface area (Å²) in [6, 6.07) is 18.0. The quantitative estimate of drug-likeness (QED) is 0.611. The second kappa shape index (κ2) is 9.51. The van der Waals surface area contributed by atoms with E-state index in [0.717, 1.165) is 24.7 Å². The minimum atomic E-state index is -0.0261. The number of methoxy groups -OCH3 is 1. The van der Waals surface area contributed by atoms with Crippen molar-refractivity contribution in [2.45, 2.75) is 44.7 Å². The Bertz CT molecular complexity index is 793. The van der Waals surface area contributed by atoms with E-state index in [4.69, 9.17) is 9.47 Å². The van der Waals surface area contributed by atoms with Crippen LogP contribution in [0.4, 0.5) is 0 Å². The SMILES string of the molecule is COCCCOc1ccc(-c2ccc(C(C)(C)NC3CN4CCC3CC4)cc2)cc1. The number of nitrogens with one attached hydrogen (secondary N) is 1. The summed E-state index contributed by atoms with van der Waals surface area (Å²) in [6.07, 6.45) is 3.60. The fourth-order valence-corrected chi connectivity index (χ4v) is 4.89. The summed E-state index contributed by atoms with van der Waals surface area (Å²) in [5.41, 5.74) is 3.78. The van der Waals surface area contributed by atoms with Crippen molar-refractivity contribution >= 4 is 0 Å². The van der Waals surface area contributed by atoms with E-state index in [0.29, 0.717) is 12.6 Å². The predicted molar refractivity (Wildman–Crippen MR) is 123 cm³/mol. The Hall–Kier alpha value is -1.88. The first-order valence-electron chi connectivity index (χ1n) is 11.4. The van der Waals surface area contributed by atoms with Crippen LogP contribution in [0.25, 0.3) is 11.1 Å². The smallest absolute Gasteiger partial charge is 0.119 e. The molecule has 0 amide bonds. The zero-order valence-electron chi connectivity index (χ0n) is 18.7. The number of nitrogens with zero attached hydrogens (tertiary/aromatic N) is 1. The summed E-state index contributed by atoms with van der Waals surface area (Å²) in [5.74, 6) is 1.75. The molecule has 0 spiro atoms. The number of piperidine rings is 3. The number of rotatable bonds is 9. The highest BCUT2D eigenvalue weighted by Gasteiger charge is 2.37. The van der Waals surface area contributed by atoms with Crippen LogP contribution in [0.1, 0.15) is 38.7 Å². The van der Waals surface area contributed by atoms with Crippen molar-refractivity contribution < 1.29 is 9.47 Å². The second-order valence-corrected chi connectivity index (χ2v) is 9.31. The van der Waals surface area contributed by atoms with E-state index in [-0.39, 0.29) is 5.54 Å². The van der Waals surface area contributed by atoms with Gasteiger partial charge < -0.3 is 19.7 Å². The zero-order chi connectivity index (χ0) is 21.0. The second-order valence-electron chi connectivity index (χ2n) is 9.31. The molecule has 5 rings (SSSR count). The average Bonchev–Trinajstić information content (AvgIpc) is 2.78. The maximum Gasteiger partial charge on any atom is 0.119 e. The molecule has 3 saturated heterocycles. The van der Waals surface area contributed by atoms with Gasteiger partial charge in [-0.3, -0.25) is 0 Å². The van der Waals surface area contributed by atoms with E-state index < -0.39 is 0 Å². The molecule has 1 N–H and O–H groups in total. The third kappa shape index (κ3) is 5.05. The van der Waals surface area contributed by atoms with E-state index >= 15 is 0 Å². The van der Waals surface area contributed by atoms with Crippen LogP contribution in [-0.2, 0) is 10.3 Å². The molecule has 1 atom stereocenters. The number of benzene rings is 2. The lowest BCUT2D eigenvalue weighted by atomic mass is 9.81. The lowest BCUT2D eigenvalue weighted by Crippen LogP contribution is -2.59. The summed E-state index contributed by atoms with van der Waals surface area (Å²) >= 11 is 0. The highest BCUT2D eigenvalue weighted by atomic mass is 16.5.